The molecule has 0 radical (unpaired) electrons. The van der Waals surface area contributed by atoms with E-state index in [0.29, 0.717) is 5.71 Å². The van der Waals surface area contributed by atoms with Crippen LogP contribution in [0.1, 0.15) is 19.4 Å². The molecule has 8 heteroatoms. The van der Waals surface area contributed by atoms with Gasteiger partial charge in [0.25, 0.3) is 5.69 Å². The molecule has 0 heterocycles. The van der Waals surface area contributed by atoms with Gasteiger partial charge in [0.1, 0.15) is 5.69 Å². The molecule has 0 amide bonds. The molecular weight excluding hydrogens is 396 g/mol. The number of rotatable bonds is 7. The summed E-state index contributed by atoms with van der Waals surface area (Å²) in [6.45, 7) is 3.71. The predicted octanol–water partition coefficient (Wildman–Crippen LogP) is 6.06. The first-order valence-corrected chi connectivity index (χ1v) is 9.42. The van der Waals surface area contributed by atoms with Gasteiger partial charge < -0.3 is 0 Å². The molecule has 31 heavy (non-hydrogen) atoms. The second kappa shape index (κ2) is 9.45. The van der Waals surface area contributed by atoms with E-state index in [0.717, 1.165) is 28.3 Å². The van der Waals surface area contributed by atoms with Gasteiger partial charge in [0.05, 0.1) is 21.6 Å². The number of nitro groups is 2. The normalized spacial score (nSPS) is 11.8. The molecule has 0 saturated carbocycles. The van der Waals surface area contributed by atoms with Crippen LogP contribution in [0.3, 0.4) is 0 Å². The number of hydrogen-bond acceptors (Lipinski definition) is 6. The van der Waals surface area contributed by atoms with E-state index < -0.39 is 15.5 Å². The molecule has 0 aliphatic heterocycles. The highest BCUT2D eigenvalue weighted by molar-refractivity contribution is 5.99. The molecule has 1 N–H and O–H groups in total. The first kappa shape index (κ1) is 21.4. The Labute approximate surface area is 178 Å². The van der Waals surface area contributed by atoms with Crippen molar-refractivity contribution in [3.8, 4) is 11.1 Å². The minimum absolute atomic E-state index is 0.0771. The van der Waals surface area contributed by atoms with Crippen LogP contribution in [0.5, 0.6) is 0 Å². The van der Waals surface area contributed by atoms with Gasteiger partial charge in [-0.05, 0) is 48.3 Å². The Balaban J connectivity index is 1.76. The molecule has 0 aromatic heterocycles. The minimum atomic E-state index is -0.685. The Morgan fingerprint density at radius 2 is 1.52 bits per heavy atom. The van der Waals surface area contributed by atoms with Gasteiger partial charge >= 0.3 is 5.69 Å². The van der Waals surface area contributed by atoms with Gasteiger partial charge in [0.15, 0.2) is 0 Å². The summed E-state index contributed by atoms with van der Waals surface area (Å²) in [5.74, 6) is 0. The second-order valence-electron chi connectivity index (χ2n) is 6.85. The molecule has 3 aromatic carbocycles. The van der Waals surface area contributed by atoms with Crippen molar-refractivity contribution in [2.24, 2.45) is 5.10 Å². The lowest BCUT2D eigenvalue weighted by Gasteiger charge is -2.06. The summed E-state index contributed by atoms with van der Waals surface area (Å²) < 4.78 is 0. The van der Waals surface area contributed by atoms with Crippen molar-refractivity contribution < 1.29 is 9.85 Å². The van der Waals surface area contributed by atoms with Gasteiger partial charge in [-0.25, -0.2) is 0 Å². The molecule has 0 aliphatic rings. The zero-order valence-corrected chi connectivity index (χ0v) is 17.0. The summed E-state index contributed by atoms with van der Waals surface area (Å²) in [7, 11) is 0. The molecule has 0 fully saturated rings. The fourth-order valence-electron chi connectivity index (χ4n) is 3.01. The van der Waals surface area contributed by atoms with E-state index >= 15 is 0 Å². The van der Waals surface area contributed by atoms with Crippen LogP contribution >= 0.6 is 0 Å². The molecule has 0 saturated heterocycles. The number of benzene rings is 3. The summed E-state index contributed by atoms with van der Waals surface area (Å²) in [5, 5.41) is 26.2. The third kappa shape index (κ3) is 5.39. The fourth-order valence-corrected chi connectivity index (χ4v) is 3.01. The number of hydrazone groups is 1. The van der Waals surface area contributed by atoms with Crippen molar-refractivity contribution in [2.75, 3.05) is 5.43 Å². The van der Waals surface area contributed by atoms with E-state index in [1.54, 1.807) is 6.92 Å². The lowest BCUT2D eigenvalue weighted by molar-refractivity contribution is -0.393. The maximum absolute atomic E-state index is 11.2. The van der Waals surface area contributed by atoms with Crippen LogP contribution < -0.4 is 5.43 Å². The molecule has 3 rings (SSSR count). The smallest absolute Gasteiger partial charge is 0.271 e. The van der Waals surface area contributed by atoms with Crippen LogP contribution in [-0.4, -0.2) is 15.6 Å². The van der Waals surface area contributed by atoms with Crippen LogP contribution in [0.15, 0.2) is 84.0 Å². The zero-order chi connectivity index (χ0) is 22.4. The number of allylic oxidation sites excluding steroid dienone is 2. The SMILES string of the molecule is CC(=CC(C)=NNc1ccc([N+](=O)[O-])cc1[N+](=O)[O-])c1ccc(-c2ccccc2)cc1. The van der Waals surface area contributed by atoms with Crippen molar-refractivity contribution in [1.82, 2.24) is 0 Å². The second-order valence-corrected chi connectivity index (χ2v) is 6.85. The number of nitrogens with one attached hydrogen (secondary N) is 1. The molecule has 0 bridgehead atoms. The first-order chi connectivity index (χ1) is 14.8. The average Bonchev–Trinajstić information content (AvgIpc) is 2.78. The zero-order valence-electron chi connectivity index (χ0n) is 17.0. The number of nitrogens with zero attached hydrogens (tertiary/aromatic N) is 3. The fraction of sp³-hybridized carbons (Fsp3) is 0.0870. The summed E-state index contributed by atoms with van der Waals surface area (Å²) in [4.78, 5) is 20.7. The minimum Gasteiger partial charge on any atom is -0.271 e. The van der Waals surface area contributed by atoms with Crippen molar-refractivity contribution in [2.45, 2.75) is 13.8 Å². The molecule has 0 spiro atoms. The van der Waals surface area contributed by atoms with E-state index in [2.05, 4.69) is 22.7 Å². The van der Waals surface area contributed by atoms with E-state index in [1.807, 2.05) is 55.5 Å². The highest BCUT2D eigenvalue weighted by Gasteiger charge is 2.19. The Hall–Kier alpha value is -4.33. The van der Waals surface area contributed by atoms with E-state index in [4.69, 9.17) is 0 Å². The molecule has 0 unspecified atom stereocenters. The third-order valence-electron chi connectivity index (χ3n) is 4.61. The topological polar surface area (TPSA) is 111 Å². The van der Waals surface area contributed by atoms with Gasteiger partial charge in [-0.1, -0.05) is 54.6 Å². The third-order valence-corrected chi connectivity index (χ3v) is 4.61. The van der Waals surface area contributed by atoms with Crippen molar-refractivity contribution in [3.63, 3.8) is 0 Å². The van der Waals surface area contributed by atoms with Crippen molar-refractivity contribution in [3.05, 3.63) is 105 Å². The van der Waals surface area contributed by atoms with E-state index in [9.17, 15) is 20.2 Å². The maximum Gasteiger partial charge on any atom is 0.301 e. The molecule has 8 nitrogen and oxygen atoms in total. The lowest BCUT2D eigenvalue weighted by Crippen LogP contribution is -2.00. The van der Waals surface area contributed by atoms with Crippen LogP contribution in [0.2, 0.25) is 0 Å². The summed E-state index contributed by atoms with van der Waals surface area (Å²) in [5.41, 5.74) is 6.79. The van der Waals surface area contributed by atoms with E-state index in [-0.39, 0.29) is 11.4 Å². The monoisotopic (exact) mass is 416 g/mol. The van der Waals surface area contributed by atoms with Crippen LogP contribution in [-0.2, 0) is 0 Å². The van der Waals surface area contributed by atoms with E-state index in [1.165, 1.54) is 12.1 Å². The molecule has 0 aliphatic carbocycles. The van der Waals surface area contributed by atoms with Gasteiger partial charge in [-0.3, -0.25) is 25.7 Å². The number of non-ortho nitro benzene ring substituents is 1. The molecular formula is C23H20N4O4. The maximum atomic E-state index is 11.2. The Morgan fingerprint density at radius 1 is 0.871 bits per heavy atom. The number of anilines is 1. The number of hydrogen-bond donors (Lipinski definition) is 1. The van der Waals surface area contributed by atoms with Crippen LogP contribution in [0.25, 0.3) is 16.7 Å². The van der Waals surface area contributed by atoms with Crippen LogP contribution in [0, 0.1) is 20.2 Å². The highest BCUT2D eigenvalue weighted by atomic mass is 16.6. The molecule has 3 aromatic rings. The Bertz CT molecular complexity index is 1170. The van der Waals surface area contributed by atoms with Crippen molar-refractivity contribution in [1.29, 1.82) is 0 Å². The molecule has 0 atom stereocenters. The first-order valence-electron chi connectivity index (χ1n) is 9.42. The Morgan fingerprint density at radius 3 is 2.13 bits per heavy atom. The standard InChI is InChI=1S/C23H20N4O4/c1-16(18-8-10-20(11-9-18)19-6-4-3-5-7-19)14-17(2)24-25-22-13-12-21(26(28)29)15-23(22)27(30)31/h3-15,25H,1-2H3. The lowest BCUT2D eigenvalue weighted by atomic mass is 10.0. The predicted molar refractivity (Wildman–Crippen MR) is 122 cm³/mol. The van der Waals surface area contributed by atoms with Gasteiger partial charge in [-0.2, -0.15) is 5.10 Å². The average molecular weight is 416 g/mol. The highest BCUT2D eigenvalue weighted by Crippen LogP contribution is 2.29. The Kier molecular flexibility index (Phi) is 6.51. The summed E-state index contributed by atoms with van der Waals surface area (Å²) >= 11 is 0. The molecule has 156 valence electrons. The largest absolute Gasteiger partial charge is 0.301 e. The van der Waals surface area contributed by atoms with Crippen LogP contribution in [0.4, 0.5) is 17.1 Å². The van der Waals surface area contributed by atoms with Crippen molar-refractivity contribution >= 4 is 28.3 Å². The van der Waals surface area contributed by atoms with Gasteiger partial charge in [-0.15, -0.1) is 0 Å². The summed E-state index contributed by atoms with van der Waals surface area (Å²) in [6.07, 6.45) is 1.85. The van der Waals surface area contributed by atoms with Gasteiger partial charge in [0, 0.05) is 6.07 Å². The van der Waals surface area contributed by atoms with Gasteiger partial charge in [0.2, 0.25) is 0 Å². The summed E-state index contributed by atoms with van der Waals surface area (Å²) in [6, 6.07) is 21.6. The number of nitro benzene ring substituents is 2. The quantitative estimate of drug-likeness (QED) is 0.286.